The van der Waals surface area contributed by atoms with Crippen LogP contribution in [0, 0.1) is 12.8 Å². The van der Waals surface area contributed by atoms with Gasteiger partial charge in [-0.15, -0.1) is 0 Å². The van der Waals surface area contributed by atoms with E-state index in [9.17, 15) is 8.42 Å². The molecule has 5 rings (SSSR count). The molecule has 1 fully saturated rings. The normalized spacial score (nSPS) is 23.2. The van der Waals surface area contributed by atoms with Gasteiger partial charge in [-0.25, -0.2) is 8.42 Å². The van der Waals surface area contributed by atoms with Crippen molar-refractivity contribution in [1.82, 2.24) is 0 Å². The number of benzene rings is 3. The van der Waals surface area contributed by atoms with Gasteiger partial charge in [0.15, 0.2) is 0 Å². The van der Waals surface area contributed by atoms with Crippen LogP contribution in [0.5, 0.6) is 0 Å². The molecule has 1 saturated heterocycles. The van der Waals surface area contributed by atoms with Crippen LogP contribution in [0.25, 0.3) is 0 Å². The van der Waals surface area contributed by atoms with Gasteiger partial charge in [0.25, 0.3) is 10.0 Å². The van der Waals surface area contributed by atoms with Crippen LogP contribution in [-0.2, 0) is 14.8 Å². The first-order valence-electron chi connectivity index (χ1n) is 10.5. The number of rotatable bonds is 3. The largest absolute Gasteiger partial charge is 0.373 e. The smallest absolute Gasteiger partial charge is 0.264 e. The third-order valence-corrected chi connectivity index (χ3v) is 8.47. The van der Waals surface area contributed by atoms with Gasteiger partial charge < -0.3 is 4.74 Å². The predicted molar refractivity (Wildman–Crippen MR) is 123 cm³/mol. The SMILES string of the molecule is Cc1ccc(S(=O)(=O)N2CC3C(CCOC3c3ccc(Cl)cc3)c3ccccc32)cc1. The van der Waals surface area contributed by atoms with Gasteiger partial charge in [0.1, 0.15) is 0 Å². The van der Waals surface area contributed by atoms with Crippen molar-refractivity contribution >= 4 is 27.3 Å². The van der Waals surface area contributed by atoms with Gasteiger partial charge in [0.2, 0.25) is 0 Å². The van der Waals surface area contributed by atoms with Crippen LogP contribution in [-0.4, -0.2) is 21.6 Å². The molecular weight excluding hydrogens is 430 g/mol. The Morgan fingerprint density at radius 3 is 2.42 bits per heavy atom. The van der Waals surface area contributed by atoms with Crippen molar-refractivity contribution in [2.75, 3.05) is 17.5 Å². The molecule has 0 aromatic heterocycles. The minimum absolute atomic E-state index is 0.0186. The van der Waals surface area contributed by atoms with E-state index in [0.717, 1.165) is 28.8 Å². The predicted octanol–water partition coefficient (Wildman–Crippen LogP) is 5.72. The van der Waals surface area contributed by atoms with Gasteiger partial charge in [-0.3, -0.25) is 4.31 Å². The Morgan fingerprint density at radius 1 is 0.968 bits per heavy atom. The fourth-order valence-electron chi connectivity index (χ4n) is 4.86. The van der Waals surface area contributed by atoms with Crippen molar-refractivity contribution in [3.63, 3.8) is 0 Å². The third kappa shape index (κ3) is 3.65. The first kappa shape index (κ1) is 20.6. The van der Waals surface area contributed by atoms with Crippen molar-refractivity contribution < 1.29 is 13.2 Å². The number of nitrogens with zero attached hydrogens (tertiary/aromatic N) is 1. The maximum atomic E-state index is 13.7. The number of aryl methyl sites for hydroxylation is 1. The number of sulfonamides is 1. The van der Waals surface area contributed by atoms with Gasteiger partial charge in [0, 0.05) is 24.1 Å². The molecule has 0 spiro atoms. The van der Waals surface area contributed by atoms with Crippen molar-refractivity contribution in [3.05, 3.63) is 94.5 Å². The molecule has 31 heavy (non-hydrogen) atoms. The topological polar surface area (TPSA) is 46.6 Å². The van der Waals surface area contributed by atoms with Crippen LogP contribution in [0.1, 0.15) is 35.1 Å². The Hall–Kier alpha value is -2.34. The van der Waals surface area contributed by atoms with Gasteiger partial charge in [0.05, 0.1) is 16.7 Å². The lowest BCUT2D eigenvalue weighted by Crippen LogP contribution is -2.46. The van der Waals surface area contributed by atoms with Crippen LogP contribution in [0.2, 0.25) is 5.02 Å². The number of hydrogen-bond acceptors (Lipinski definition) is 3. The maximum absolute atomic E-state index is 13.7. The van der Waals surface area contributed by atoms with Gasteiger partial charge in [-0.1, -0.05) is 59.6 Å². The fraction of sp³-hybridized carbons (Fsp3) is 0.280. The van der Waals surface area contributed by atoms with E-state index in [4.69, 9.17) is 16.3 Å². The van der Waals surface area contributed by atoms with Crippen molar-refractivity contribution in [1.29, 1.82) is 0 Å². The second kappa shape index (κ2) is 7.97. The molecule has 0 saturated carbocycles. The summed E-state index contributed by atoms with van der Waals surface area (Å²) in [5, 5.41) is 0.675. The van der Waals surface area contributed by atoms with Crippen LogP contribution in [0.3, 0.4) is 0 Å². The lowest BCUT2D eigenvalue weighted by atomic mass is 9.74. The molecule has 2 heterocycles. The van der Waals surface area contributed by atoms with Crippen molar-refractivity contribution in [2.45, 2.75) is 30.3 Å². The molecule has 0 aliphatic carbocycles. The van der Waals surface area contributed by atoms with E-state index in [0.29, 0.717) is 23.1 Å². The number of ether oxygens (including phenoxy) is 1. The average Bonchev–Trinajstić information content (AvgIpc) is 2.79. The highest BCUT2D eigenvalue weighted by Crippen LogP contribution is 2.50. The summed E-state index contributed by atoms with van der Waals surface area (Å²) in [6.07, 6.45) is 0.699. The van der Waals surface area contributed by atoms with E-state index in [1.165, 1.54) is 0 Å². The highest BCUT2D eigenvalue weighted by atomic mass is 35.5. The second-order valence-electron chi connectivity index (χ2n) is 8.31. The molecule has 2 aliphatic rings. The highest BCUT2D eigenvalue weighted by molar-refractivity contribution is 7.92. The summed E-state index contributed by atoms with van der Waals surface area (Å²) in [5.74, 6) is 0.264. The van der Waals surface area contributed by atoms with Gasteiger partial charge in [-0.05, 0) is 60.7 Å². The van der Waals surface area contributed by atoms with E-state index in [1.54, 1.807) is 16.4 Å². The summed E-state index contributed by atoms with van der Waals surface area (Å²) < 4.78 is 35.2. The molecule has 160 valence electrons. The summed E-state index contributed by atoms with van der Waals surface area (Å²) in [5.41, 5.74) is 3.92. The minimum atomic E-state index is -3.70. The number of para-hydroxylation sites is 1. The fourth-order valence-corrected chi connectivity index (χ4v) is 6.51. The number of halogens is 1. The molecule has 4 nitrogen and oxygen atoms in total. The summed E-state index contributed by atoms with van der Waals surface area (Å²) in [4.78, 5) is 0.311. The van der Waals surface area contributed by atoms with Crippen molar-refractivity contribution in [3.8, 4) is 0 Å². The zero-order valence-electron chi connectivity index (χ0n) is 17.2. The van der Waals surface area contributed by atoms with Crippen LogP contribution in [0.4, 0.5) is 5.69 Å². The first-order valence-corrected chi connectivity index (χ1v) is 12.3. The Kier molecular flexibility index (Phi) is 5.29. The minimum Gasteiger partial charge on any atom is -0.373 e. The van der Waals surface area contributed by atoms with Crippen molar-refractivity contribution in [2.24, 2.45) is 5.92 Å². The lowest BCUT2D eigenvalue weighted by molar-refractivity contribution is -0.0384. The van der Waals surface area contributed by atoms with Crippen LogP contribution in [0.15, 0.2) is 77.7 Å². The molecule has 2 aliphatic heterocycles. The number of anilines is 1. The van der Waals surface area contributed by atoms with E-state index in [-0.39, 0.29) is 17.9 Å². The van der Waals surface area contributed by atoms with Gasteiger partial charge >= 0.3 is 0 Å². The standard InChI is InChI=1S/C25H24ClNO3S/c1-17-6-12-20(13-7-17)31(28,29)27-16-23-21(22-4-2-3-5-24(22)27)14-15-30-25(23)18-8-10-19(26)11-9-18/h2-13,21,23,25H,14-16H2,1H3. The summed E-state index contributed by atoms with van der Waals surface area (Å²) in [6, 6.07) is 22.6. The number of hydrogen-bond donors (Lipinski definition) is 0. The van der Waals surface area contributed by atoms with E-state index in [1.807, 2.05) is 61.5 Å². The van der Waals surface area contributed by atoms with Crippen LogP contribution >= 0.6 is 11.6 Å². The Bertz CT molecular complexity index is 1190. The average molecular weight is 454 g/mol. The van der Waals surface area contributed by atoms with E-state index < -0.39 is 10.0 Å². The zero-order valence-corrected chi connectivity index (χ0v) is 18.8. The molecule has 3 atom stereocenters. The second-order valence-corrected chi connectivity index (χ2v) is 10.6. The lowest BCUT2D eigenvalue weighted by Gasteiger charge is -2.46. The Labute approximate surface area is 188 Å². The van der Waals surface area contributed by atoms with E-state index in [2.05, 4.69) is 6.07 Å². The molecule has 3 aromatic rings. The third-order valence-electron chi connectivity index (χ3n) is 6.42. The number of fused-ring (bicyclic) bond motifs is 3. The Balaban J connectivity index is 1.60. The highest BCUT2D eigenvalue weighted by Gasteiger charge is 2.44. The molecule has 3 unspecified atom stereocenters. The summed E-state index contributed by atoms with van der Waals surface area (Å²) in [6.45, 7) is 2.98. The van der Waals surface area contributed by atoms with E-state index >= 15 is 0 Å². The molecule has 0 bridgehead atoms. The molecule has 0 amide bonds. The quantitative estimate of drug-likeness (QED) is 0.509. The Morgan fingerprint density at radius 2 is 1.68 bits per heavy atom. The monoisotopic (exact) mass is 453 g/mol. The van der Waals surface area contributed by atoms with Gasteiger partial charge in [-0.2, -0.15) is 0 Å². The van der Waals surface area contributed by atoms with Crippen LogP contribution < -0.4 is 4.31 Å². The summed E-state index contributed by atoms with van der Waals surface area (Å²) >= 11 is 6.09. The summed E-state index contributed by atoms with van der Waals surface area (Å²) in [7, 11) is -3.70. The first-order chi connectivity index (χ1) is 14.9. The molecule has 0 radical (unpaired) electrons. The zero-order chi connectivity index (χ0) is 21.6. The molecule has 0 N–H and O–H groups in total. The maximum Gasteiger partial charge on any atom is 0.264 e. The molecule has 3 aromatic carbocycles. The molecular formula is C25H24ClNO3S. The molecule has 6 heteroatoms.